The van der Waals surface area contributed by atoms with Crippen molar-refractivity contribution in [1.29, 1.82) is 0 Å². The Bertz CT molecular complexity index is 768. The predicted molar refractivity (Wildman–Crippen MR) is 76.4 cm³/mol. The third-order valence-electron chi connectivity index (χ3n) is 3.25. The molecule has 2 rings (SSSR count). The molecule has 1 N–H and O–H groups in total. The lowest BCUT2D eigenvalue weighted by Gasteiger charge is -2.13. The molecular weight excluding hydrogens is 334 g/mol. The summed E-state index contributed by atoms with van der Waals surface area (Å²) < 4.78 is 52.9. The van der Waals surface area contributed by atoms with Gasteiger partial charge in [-0.3, -0.25) is 4.18 Å². The molecule has 8 nitrogen and oxygen atoms in total. The van der Waals surface area contributed by atoms with E-state index in [9.17, 15) is 21.6 Å². The molecule has 1 heterocycles. The van der Waals surface area contributed by atoms with Gasteiger partial charge in [-0.1, -0.05) is 17.7 Å². The zero-order valence-electron chi connectivity index (χ0n) is 11.7. The Morgan fingerprint density at radius 1 is 1.23 bits per heavy atom. The highest BCUT2D eigenvalue weighted by Gasteiger charge is 2.38. The quantitative estimate of drug-likeness (QED) is 0.798. The van der Waals surface area contributed by atoms with Crippen LogP contribution in [0.4, 0.5) is 4.79 Å². The molecule has 1 saturated heterocycles. The van der Waals surface area contributed by atoms with Gasteiger partial charge in [0.25, 0.3) is 0 Å². The van der Waals surface area contributed by atoms with Crippen molar-refractivity contribution in [3.05, 3.63) is 29.8 Å². The first-order valence-corrected chi connectivity index (χ1v) is 9.77. The van der Waals surface area contributed by atoms with Crippen LogP contribution in [0.3, 0.4) is 0 Å². The molecule has 1 amide bonds. The van der Waals surface area contributed by atoms with Crippen molar-refractivity contribution >= 4 is 24.1 Å². The third kappa shape index (κ3) is 3.23. The van der Waals surface area contributed by atoms with Crippen LogP contribution in [0.2, 0.25) is 0 Å². The zero-order chi connectivity index (χ0) is 16.5. The summed E-state index contributed by atoms with van der Waals surface area (Å²) in [6.07, 6.45) is -2.08. The Hall–Kier alpha value is -1.65. The minimum Gasteiger partial charge on any atom is -0.465 e. The number of aryl methyl sites for hydroxylation is 1. The van der Waals surface area contributed by atoms with Crippen molar-refractivity contribution in [3.63, 3.8) is 0 Å². The van der Waals surface area contributed by atoms with Gasteiger partial charge in [-0.25, -0.2) is 13.2 Å². The smallest absolute Gasteiger partial charge is 0.407 e. The van der Waals surface area contributed by atoms with Crippen LogP contribution in [0.25, 0.3) is 0 Å². The molecule has 1 aromatic carbocycles. The molecule has 10 heteroatoms. The van der Waals surface area contributed by atoms with Gasteiger partial charge in [0, 0.05) is 6.54 Å². The first-order chi connectivity index (χ1) is 10.1. The van der Waals surface area contributed by atoms with E-state index in [-0.39, 0.29) is 24.4 Å². The van der Waals surface area contributed by atoms with Gasteiger partial charge in [-0.15, -0.1) is 0 Å². The van der Waals surface area contributed by atoms with E-state index < -0.39 is 30.2 Å². The molecule has 0 aromatic heterocycles. The lowest BCUT2D eigenvalue weighted by Crippen LogP contribution is -2.30. The van der Waals surface area contributed by atoms with Gasteiger partial charge in [0.1, 0.15) is 0 Å². The minimum absolute atomic E-state index is 0.0973. The Labute approximate surface area is 127 Å². The molecule has 1 fully saturated rings. The minimum atomic E-state index is -4.91. The Morgan fingerprint density at radius 2 is 1.82 bits per heavy atom. The maximum absolute atomic E-state index is 12.1. The highest BCUT2D eigenvalue weighted by Crippen LogP contribution is 2.23. The van der Waals surface area contributed by atoms with Crippen LogP contribution in [-0.4, -0.2) is 52.1 Å². The summed E-state index contributed by atoms with van der Waals surface area (Å²) in [6.45, 7) is 1.65. The third-order valence-corrected chi connectivity index (χ3v) is 7.57. The molecule has 1 aromatic rings. The van der Waals surface area contributed by atoms with E-state index in [2.05, 4.69) is 0 Å². The molecule has 0 bridgehead atoms. The van der Waals surface area contributed by atoms with Gasteiger partial charge in [-0.2, -0.15) is 8.42 Å². The number of rotatable bonds is 4. The van der Waals surface area contributed by atoms with Crippen LogP contribution in [0, 0.1) is 6.92 Å². The van der Waals surface area contributed by atoms with E-state index in [4.69, 9.17) is 9.29 Å². The summed E-state index contributed by atoms with van der Waals surface area (Å²) in [7, 11) is -9.60. The normalized spacial score (nSPS) is 19.3. The van der Waals surface area contributed by atoms with E-state index in [1.807, 2.05) is 0 Å². The monoisotopic (exact) mass is 349 g/mol. The van der Waals surface area contributed by atoms with Gasteiger partial charge in [0.15, 0.2) is 0 Å². The van der Waals surface area contributed by atoms with E-state index in [1.54, 1.807) is 6.92 Å². The Balaban J connectivity index is 2.20. The van der Waals surface area contributed by atoms with Gasteiger partial charge in [0.05, 0.1) is 17.5 Å². The van der Waals surface area contributed by atoms with E-state index >= 15 is 0 Å². The molecule has 0 aliphatic carbocycles. The van der Waals surface area contributed by atoms with Gasteiger partial charge < -0.3 is 10.0 Å². The maximum atomic E-state index is 12.1. The zero-order valence-corrected chi connectivity index (χ0v) is 13.3. The number of likely N-dealkylation sites (tertiary alicyclic amines) is 1. The summed E-state index contributed by atoms with van der Waals surface area (Å²) in [5.74, 6) is 0. The predicted octanol–water partition coefficient (Wildman–Crippen LogP) is 0.782. The number of nitrogens with zero attached hydrogens (tertiary/aromatic N) is 1. The SMILES string of the molecule is Cc1ccc(S(=O)(=O)S(=O)(=O)O[C@H]2CCN(C(=O)O)C2)cc1. The summed E-state index contributed by atoms with van der Waals surface area (Å²) in [6, 6.07) is 5.32. The molecule has 1 aliphatic heterocycles. The number of hydrogen-bond donors (Lipinski definition) is 1. The average Bonchev–Trinajstić information content (AvgIpc) is 2.87. The number of benzene rings is 1. The number of carboxylic acid groups (broad SMARTS) is 1. The molecule has 0 radical (unpaired) electrons. The number of amides is 1. The number of hydrogen-bond acceptors (Lipinski definition) is 6. The van der Waals surface area contributed by atoms with Crippen molar-refractivity contribution < 1.29 is 30.9 Å². The summed E-state index contributed by atoms with van der Waals surface area (Å²) in [5, 5.41) is 8.80. The molecule has 0 saturated carbocycles. The lowest BCUT2D eigenvalue weighted by molar-refractivity contribution is 0.147. The maximum Gasteiger partial charge on any atom is 0.407 e. The van der Waals surface area contributed by atoms with Crippen LogP contribution < -0.4 is 0 Å². The largest absolute Gasteiger partial charge is 0.465 e. The van der Waals surface area contributed by atoms with Crippen molar-refractivity contribution in [1.82, 2.24) is 4.90 Å². The fraction of sp³-hybridized carbons (Fsp3) is 0.417. The first-order valence-electron chi connectivity index (χ1n) is 6.36. The van der Waals surface area contributed by atoms with Crippen LogP contribution in [0.15, 0.2) is 29.2 Å². The van der Waals surface area contributed by atoms with Crippen molar-refractivity contribution in [3.8, 4) is 0 Å². The van der Waals surface area contributed by atoms with E-state index in [0.717, 1.165) is 10.5 Å². The van der Waals surface area contributed by atoms with E-state index in [1.165, 1.54) is 24.3 Å². The topological polar surface area (TPSA) is 118 Å². The Morgan fingerprint density at radius 3 is 2.32 bits per heavy atom. The fourth-order valence-electron chi connectivity index (χ4n) is 2.02. The van der Waals surface area contributed by atoms with Gasteiger partial charge >= 0.3 is 24.1 Å². The van der Waals surface area contributed by atoms with Gasteiger partial charge in [-0.05, 0) is 25.5 Å². The second-order valence-corrected chi connectivity index (χ2v) is 9.84. The molecule has 0 unspecified atom stereocenters. The standard InChI is InChI=1S/C12H15NO7S2/c1-9-2-4-11(5-3-9)21(16,17)22(18,19)20-10-6-7-13(8-10)12(14)15/h2-5,10H,6-8H2,1H3,(H,14,15)/t10-/m0/s1. The fourth-order valence-corrected chi connectivity index (χ4v) is 5.00. The molecule has 122 valence electrons. The highest BCUT2D eigenvalue weighted by atomic mass is 33.2. The summed E-state index contributed by atoms with van der Waals surface area (Å²) in [4.78, 5) is 11.4. The van der Waals surface area contributed by atoms with Crippen LogP contribution in [-0.2, 0) is 22.2 Å². The first kappa shape index (κ1) is 16.7. The lowest BCUT2D eigenvalue weighted by atomic mass is 10.2. The van der Waals surface area contributed by atoms with E-state index in [0.29, 0.717) is 0 Å². The Kier molecular flexibility index (Phi) is 4.45. The average molecular weight is 349 g/mol. The molecule has 0 spiro atoms. The summed E-state index contributed by atoms with van der Waals surface area (Å²) >= 11 is 0. The van der Waals surface area contributed by atoms with Crippen LogP contribution in [0.1, 0.15) is 12.0 Å². The molecular formula is C12H15NO7S2. The van der Waals surface area contributed by atoms with Crippen molar-refractivity contribution in [2.45, 2.75) is 24.3 Å². The van der Waals surface area contributed by atoms with Crippen LogP contribution >= 0.6 is 0 Å². The highest BCUT2D eigenvalue weighted by molar-refractivity contribution is 8.65. The van der Waals surface area contributed by atoms with Crippen LogP contribution in [0.5, 0.6) is 0 Å². The molecule has 1 atom stereocenters. The van der Waals surface area contributed by atoms with Crippen molar-refractivity contribution in [2.75, 3.05) is 13.1 Å². The molecule has 22 heavy (non-hydrogen) atoms. The summed E-state index contributed by atoms with van der Waals surface area (Å²) in [5.41, 5.74) is 0.783. The van der Waals surface area contributed by atoms with Crippen molar-refractivity contribution in [2.24, 2.45) is 0 Å². The second kappa shape index (κ2) is 5.86. The van der Waals surface area contributed by atoms with Gasteiger partial charge in [0.2, 0.25) is 0 Å². The molecule has 1 aliphatic rings. The number of carbonyl (C=O) groups is 1. The second-order valence-electron chi connectivity index (χ2n) is 4.91.